The molecule has 0 atom stereocenters. The molecule has 9 rings (SSSR count). The van der Waals surface area contributed by atoms with Crippen molar-refractivity contribution in [2.75, 3.05) is 0 Å². The summed E-state index contributed by atoms with van der Waals surface area (Å²) >= 11 is 0. The van der Waals surface area contributed by atoms with Gasteiger partial charge >= 0.3 is 0 Å². The van der Waals surface area contributed by atoms with Crippen LogP contribution in [0.25, 0.3) is 87.6 Å². The van der Waals surface area contributed by atoms with Gasteiger partial charge in [0.1, 0.15) is 0 Å². The molecule has 0 radical (unpaired) electrons. The highest BCUT2D eigenvalue weighted by Gasteiger charge is 2.27. The third-order valence-electron chi connectivity index (χ3n) is 8.80. The first-order valence-corrected chi connectivity index (χ1v) is 14.0. The monoisotopic (exact) mass is 504 g/mol. The maximum absolute atomic E-state index is 2.35. The van der Waals surface area contributed by atoms with Gasteiger partial charge in [-0.2, -0.15) is 0 Å². The molecule has 0 saturated heterocycles. The fraction of sp³-hybridized carbons (Fsp3) is 0. The van der Waals surface area contributed by atoms with Crippen molar-refractivity contribution < 1.29 is 0 Å². The summed E-state index contributed by atoms with van der Waals surface area (Å²) in [5.74, 6) is 0. The molecule has 1 aliphatic carbocycles. The third-order valence-corrected chi connectivity index (χ3v) is 8.80. The predicted octanol–water partition coefficient (Wildman–Crippen LogP) is 11.3. The largest absolute Gasteiger partial charge is 0.0616 e. The van der Waals surface area contributed by atoms with Crippen LogP contribution < -0.4 is 0 Å². The first kappa shape index (κ1) is 21.7. The number of fused-ring (bicyclic) bond motifs is 16. The molecule has 0 N–H and O–H groups in total. The van der Waals surface area contributed by atoms with Crippen molar-refractivity contribution in [1.29, 1.82) is 0 Å². The molecule has 0 aromatic heterocycles. The summed E-state index contributed by atoms with van der Waals surface area (Å²) in [7, 11) is 0. The van der Waals surface area contributed by atoms with E-state index in [0.717, 1.165) is 0 Å². The third kappa shape index (κ3) is 2.91. The summed E-state index contributed by atoms with van der Waals surface area (Å²) in [6.45, 7) is 0. The van der Waals surface area contributed by atoms with Gasteiger partial charge in [-0.15, -0.1) is 0 Å². The zero-order valence-corrected chi connectivity index (χ0v) is 21.9. The lowest BCUT2D eigenvalue weighted by atomic mass is 9.75. The van der Waals surface area contributed by atoms with Crippen LogP contribution in [-0.4, -0.2) is 0 Å². The Morgan fingerprint density at radius 1 is 0.200 bits per heavy atom. The number of hydrogen-bond acceptors (Lipinski definition) is 0. The summed E-state index contributed by atoms with van der Waals surface area (Å²) in [6.07, 6.45) is 0. The van der Waals surface area contributed by atoms with Gasteiger partial charge in [-0.25, -0.2) is 0 Å². The Bertz CT molecular complexity index is 1990. The number of rotatable bonds is 0. The van der Waals surface area contributed by atoms with Gasteiger partial charge in [0.2, 0.25) is 0 Å². The average Bonchev–Trinajstić information content (AvgIpc) is 3.02. The van der Waals surface area contributed by atoms with Crippen LogP contribution in [-0.2, 0) is 0 Å². The molecule has 1 aliphatic rings. The fourth-order valence-electron chi connectivity index (χ4n) is 7.06. The minimum Gasteiger partial charge on any atom is -0.0616 e. The van der Waals surface area contributed by atoms with Crippen molar-refractivity contribution in [3.8, 4) is 44.5 Å². The Kier molecular flexibility index (Phi) is 4.42. The van der Waals surface area contributed by atoms with E-state index in [1.165, 1.54) is 87.6 Å². The van der Waals surface area contributed by atoms with E-state index in [1.807, 2.05) is 0 Å². The normalized spacial score (nSPS) is 12.0. The minimum atomic E-state index is 1.27. The molecule has 0 heterocycles. The molecule has 8 aromatic carbocycles. The van der Waals surface area contributed by atoms with Crippen molar-refractivity contribution >= 4 is 43.1 Å². The molecule has 184 valence electrons. The molecule has 8 aromatic rings. The Morgan fingerprint density at radius 3 is 0.675 bits per heavy atom. The zero-order chi connectivity index (χ0) is 26.2. The Hall–Kier alpha value is -5.20. The standard InChI is InChI=1S/C40H24/c1-5-13-29-25(9-1)17-21-33-34-22-18-27-11-3-7-15-31(27)39(34)40-32-16-8-4-12-28(32)20-24-36(40)35-23-19-26-10-2-6-14-30(26)38(35)37(29)33/h1-24H. The summed E-state index contributed by atoms with van der Waals surface area (Å²) in [5.41, 5.74) is 10.4. The van der Waals surface area contributed by atoms with Crippen LogP contribution in [0.4, 0.5) is 0 Å². The van der Waals surface area contributed by atoms with Crippen molar-refractivity contribution in [1.82, 2.24) is 0 Å². The SMILES string of the molecule is c1ccc2c3c(ccc2c1)-c1ccc2ccccc2c1-c1c(ccc2ccccc12)-c1ccc2ccccc2c1-3. The first-order valence-electron chi connectivity index (χ1n) is 14.0. The first-order chi connectivity index (χ1) is 19.9. The second kappa shape index (κ2) is 8.15. The van der Waals surface area contributed by atoms with Crippen LogP contribution in [0.2, 0.25) is 0 Å². The summed E-state index contributed by atoms with van der Waals surface area (Å²) in [4.78, 5) is 0. The highest BCUT2D eigenvalue weighted by Crippen LogP contribution is 2.54. The molecule has 0 bridgehead atoms. The Morgan fingerprint density at radius 2 is 0.425 bits per heavy atom. The topological polar surface area (TPSA) is 0 Å². The molecule has 0 spiro atoms. The zero-order valence-electron chi connectivity index (χ0n) is 21.9. The number of benzene rings is 8. The second-order valence-corrected chi connectivity index (χ2v) is 10.8. The summed E-state index contributed by atoms with van der Waals surface area (Å²) in [5, 5.41) is 10.2. The van der Waals surface area contributed by atoms with Crippen LogP contribution in [0, 0.1) is 0 Å². The number of hydrogen-bond donors (Lipinski definition) is 0. The van der Waals surface area contributed by atoms with Crippen LogP contribution >= 0.6 is 0 Å². The maximum Gasteiger partial charge on any atom is -0.00141 e. The van der Waals surface area contributed by atoms with Gasteiger partial charge in [0, 0.05) is 0 Å². The molecule has 0 heteroatoms. The lowest BCUT2D eigenvalue weighted by molar-refractivity contribution is 1.59. The molecular weight excluding hydrogens is 480 g/mol. The molecule has 0 aliphatic heterocycles. The van der Waals surface area contributed by atoms with E-state index < -0.39 is 0 Å². The van der Waals surface area contributed by atoms with E-state index in [1.54, 1.807) is 0 Å². The molecular formula is C40H24. The van der Waals surface area contributed by atoms with Crippen molar-refractivity contribution in [3.05, 3.63) is 146 Å². The summed E-state index contributed by atoms with van der Waals surface area (Å²) in [6, 6.07) is 54.0. The summed E-state index contributed by atoms with van der Waals surface area (Å²) < 4.78 is 0. The van der Waals surface area contributed by atoms with E-state index in [-0.39, 0.29) is 0 Å². The van der Waals surface area contributed by atoms with Crippen molar-refractivity contribution in [3.63, 3.8) is 0 Å². The van der Waals surface area contributed by atoms with E-state index in [4.69, 9.17) is 0 Å². The lowest BCUT2D eigenvalue weighted by Crippen LogP contribution is -2.00. The fourth-order valence-corrected chi connectivity index (χ4v) is 7.06. The molecule has 0 nitrogen and oxygen atoms in total. The van der Waals surface area contributed by atoms with Gasteiger partial charge in [-0.1, -0.05) is 146 Å². The van der Waals surface area contributed by atoms with E-state index in [0.29, 0.717) is 0 Å². The van der Waals surface area contributed by atoms with Crippen LogP contribution in [0.5, 0.6) is 0 Å². The lowest BCUT2D eigenvalue weighted by Gasteiger charge is -2.27. The van der Waals surface area contributed by atoms with E-state index >= 15 is 0 Å². The van der Waals surface area contributed by atoms with Gasteiger partial charge in [-0.3, -0.25) is 0 Å². The van der Waals surface area contributed by atoms with E-state index in [2.05, 4.69) is 146 Å². The predicted molar refractivity (Wildman–Crippen MR) is 172 cm³/mol. The Balaban J connectivity index is 1.62. The van der Waals surface area contributed by atoms with Crippen LogP contribution in [0.3, 0.4) is 0 Å². The maximum atomic E-state index is 2.35. The minimum absolute atomic E-state index is 1.27. The van der Waals surface area contributed by atoms with Crippen LogP contribution in [0.15, 0.2) is 146 Å². The highest BCUT2D eigenvalue weighted by atomic mass is 14.3. The molecule has 0 unspecified atom stereocenters. The molecule has 0 fully saturated rings. The van der Waals surface area contributed by atoms with Crippen molar-refractivity contribution in [2.24, 2.45) is 0 Å². The molecule has 0 saturated carbocycles. The van der Waals surface area contributed by atoms with Gasteiger partial charge in [0.05, 0.1) is 0 Å². The van der Waals surface area contributed by atoms with Gasteiger partial charge in [-0.05, 0) is 87.6 Å². The van der Waals surface area contributed by atoms with Gasteiger partial charge in [0.15, 0.2) is 0 Å². The average molecular weight is 505 g/mol. The Labute approximate surface area is 232 Å². The second-order valence-electron chi connectivity index (χ2n) is 10.8. The van der Waals surface area contributed by atoms with Crippen molar-refractivity contribution in [2.45, 2.75) is 0 Å². The molecule has 40 heavy (non-hydrogen) atoms. The van der Waals surface area contributed by atoms with E-state index in [9.17, 15) is 0 Å². The van der Waals surface area contributed by atoms with Gasteiger partial charge < -0.3 is 0 Å². The highest BCUT2D eigenvalue weighted by molar-refractivity contribution is 6.23. The van der Waals surface area contributed by atoms with Crippen LogP contribution in [0.1, 0.15) is 0 Å². The molecule has 0 amide bonds. The quantitative estimate of drug-likeness (QED) is 0.193. The smallest absolute Gasteiger partial charge is 0.00141 e. The van der Waals surface area contributed by atoms with Gasteiger partial charge in [0.25, 0.3) is 0 Å².